The number of amides is 3. The molecule has 1 aromatic heterocycles. The van der Waals surface area contributed by atoms with Crippen molar-refractivity contribution in [3.63, 3.8) is 0 Å². The maximum Gasteiger partial charge on any atom is 0.408 e. The fourth-order valence-corrected chi connectivity index (χ4v) is 4.94. The van der Waals surface area contributed by atoms with Gasteiger partial charge in [0.05, 0.1) is 31.8 Å². The maximum atomic E-state index is 13.5. The fraction of sp³-hybridized carbons (Fsp3) is 0.394. The number of aliphatic hydroxyl groups is 1. The van der Waals surface area contributed by atoms with E-state index in [1.807, 2.05) is 60.8 Å². The van der Waals surface area contributed by atoms with Gasteiger partial charge < -0.3 is 40.3 Å². The Morgan fingerprint density at radius 1 is 1.00 bits per heavy atom. The van der Waals surface area contributed by atoms with Crippen molar-refractivity contribution in [1.82, 2.24) is 20.9 Å². The van der Waals surface area contributed by atoms with Gasteiger partial charge in [0.2, 0.25) is 11.8 Å². The molecule has 1 aliphatic heterocycles. The number of aliphatic hydroxyl groups excluding tert-OH is 1. The normalized spacial score (nSPS) is 19.1. The van der Waals surface area contributed by atoms with Crippen molar-refractivity contribution in [3.8, 4) is 0 Å². The first-order valence-electron chi connectivity index (χ1n) is 15.0. The third-order valence-corrected chi connectivity index (χ3v) is 7.27. The summed E-state index contributed by atoms with van der Waals surface area (Å²) in [6.45, 7) is 0.448. The van der Waals surface area contributed by atoms with Gasteiger partial charge in [0, 0.05) is 30.1 Å². The van der Waals surface area contributed by atoms with E-state index in [2.05, 4.69) is 20.9 Å². The van der Waals surface area contributed by atoms with Crippen LogP contribution in [0, 0.1) is 5.92 Å². The van der Waals surface area contributed by atoms with E-state index in [-0.39, 0.29) is 70.7 Å². The molecule has 3 atom stereocenters. The molecule has 0 radical (unpaired) electrons. The molecule has 4 rings (SSSR count). The predicted octanol–water partition coefficient (Wildman–Crippen LogP) is 2.51. The van der Waals surface area contributed by atoms with Gasteiger partial charge in [0.15, 0.2) is 0 Å². The van der Waals surface area contributed by atoms with E-state index in [1.54, 1.807) is 12.2 Å². The number of cyclic esters (lactones) is 1. The minimum absolute atomic E-state index is 0.0420. The summed E-state index contributed by atoms with van der Waals surface area (Å²) in [4.78, 5) is 55.1. The zero-order valence-corrected chi connectivity index (χ0v) is 25.0. The second kappa shape index (κ2) is 17.6. The first-order valence-corrected chi connectivity index (χ1v) is 15.0. The molecule has 45 heavy (non-hydrogen) atoms. The van der Waals surface area contributed by atoms with Crippen LogP contribution in [0.15, 0.2) is 72.9 Å². The molecule has 0 saturated heterocycles. The number of hydrogen-bond acceptors (Lipinski definition) is 8. The molecule has 0 fully saturated rings. The van der Waals surface area contributed by atoms with Crippen LogP contribution in [-0.4, -0.2) is 79.0 Å². The van der Waals surface area contributed by atoms with Crippen molar-refractivity contribution in [1.29, 1.82) is 0 Å². The van der Waals surface area contributed by atoms with Gasteiger partial charge in [-0.05, 0) is 36.5 Å². The zero-order chi connectivity index (χ0) is 31.9. The number of allylic oxidation sites excluding steroid dienone is 1. The molecule has 3 amide bonds. The highest BCUT2D eigenvalue weighted by atomic mass is 16.6. The number of hydrogen-bond donors (Lipinski definition) is 5. The number of ether oxygens (including phenoxy) is 3. The SMILES string of the molecule is O=C(CC1CC=CCC(NC(=O)OCc2ccccc2)C(=O)OCC(Cc2c[nH]c3ccccc23)NC1=O)NCCOCCO. The number of alkyl carbamates (subject to hydrolysis) is 1. The first kappa shape index (κ1) is 33.2. The van der Waals surface area contributed by atoms with Crippen molar-refractivity contribution in [2.75, 3.05) is 33.0 Å². The van der Waals surface area contributed by atoms with Crippen molar-refractivity contribution in [3.05, 3.63) is 84.1 Å². The van der Waals surface area contributed by atoms with Crippen molar-refractivity contribution in [2.45, 2.75) is 44.4 Å². The Bertz CT molecular complexity index is 1440. The summed E-state index contributed by atoms with van der Waals surface area (Å²) >= 11 is 0. The van der Waals surface area contributed by atoms with Crippen LogP contribution >= 0.6 is 0 Å². The number of para-hydroxylation sites is 1. The van der Waals surface area contributed by atoms with E-state index in [9.17, 15) is 19.2 Å². The van der Waals surface area contributed by atoms with E-state index >= 15 is 0 Å². The van der Waals surface area contributed by atoms with Crippen LogP contribution in [0.2, 0.25) is 0 Å². The van der Waals surface area contributed by atoms with E-state index in [4.69, 9.17) is 19.3 Å². The summed E-state index contributed by atoms with van der Waals surface area (Å²) in [7, 11) is 0. The highest BCUT2D eigenvalue weighted by Crippen LogP contribution is 2.20. The van der Waals surface area contributed by atoms with Crippen LogP contribution < -0.4 is 16.0 Å². The smallest absolute Gasteiger partial charge is 0.408 e. The van der Waals surface area contributed by atoms with Gasteiger partial charge in [-0.3, -0.25) is 9.59 Å². The summed E-state index contributed by atoms with van der Waals surface area (Å²) in [5.41, 5.74) is 2.66. The lowest BCUT2D eigenvalue weighted by Gasteiger charge is -2.24. The van der Waals surface area contributed by atoms with Crippen LogP contribution in [0.3, 0.4) is 0 Å². The van der Waals surface area contributed by atoms with E-state index in [1.165, 1.54) is 0 Å². The van der Waals surface area contributed by atoms with Gasteiger partial charge in [-0.1, -0.05) is 60.7 Å². The molecular weight excluding hydrogens is 580 g/mol. The van der Waals surface area contributed by atoms with Gasteiger partial charge in [-0.25, -0.2) is 9.59 Å². The van der Waals surface area contributed by atoms with Crippen LogP contribution in [0.4, 0.5) is 4.79 Å². The van der Waals surface area contributed by atoms with Crippen molar-refractivity contribution < 1.29 is 38.5 Å². The van der Waals surface area contributed by atoms with Gasteiger partial charge >= 0.3 is 12.1 Å². The third kappa shape index (κ3) is 10.8. The Morgan fingerprint density at radius 3 is 2.60 bits per heavy atom. The number of carbonyl (C=O) groups is 4. The van der Waals surface area contributed by atoms with Gasteiger partial charge in [-0.2, -0.15) is 0 Å². The molecule has 2 heterocycles. The molecule has 12 nitrogen and oxygen atoms in total. The Kier molecular flexibility index (Phi) is 13.0. The molecule has 3 unspecified atom stereocenters. The number of aromatic amines is 1. The van der Waals surface area contributed by atoms with E-state index in [0.717, 1.165) is 22.0 Å². The molecule has 1 aliphatic rings. The molecule has 0 saturated carbocycles. The van der Waals surface area contributed by atoms with Crippen molar-refractivity contribution >= 4 is 34.8 Å². The lowest BCUT2D eigenvalue weighted by atomic mass is 9.97. The lowest BCUT2D eigenvalue weighted by Crippen LogP contribution is -2.47. The zero-order valence-electron chi connectivity index (χ0n) is 25.0. The minimum atomic E-state index is -1.02. The van der Waals surface area contributed by atoms with Gasteiger partial charge in [-0.15, -0.1) is 0 Å². The third-order valence-electron chi connectivity index (χ3n) is 7.27. The summed E-state index contributed by atoms with van der Waals surface area (Å²) in [6.07, 6.45) is 5.12. The van der Waals surface area contributed by atoms with E-state index in [0.29, 0.717) is 6.42 Å². The number of rotatable bonds is 12. The predicted molar refractivity (Wildman–Crippen MR) is 166 cm³/mol. The number of benzene rings is 2. The Labute approximate surface area is 261 Å². The summed E-state index contributed by atoms with van der Waals surface area (Å²) in [6, 6.07) is 15.3. The lowest BCUT2D eigenvalue weighted by molar-refractivity contribution is -0.147. The van der Waals surface area contributed by atoms with Crippen LogP contribution in [-0.2, 0) is 41.6 Å². The number of carbonyl (C=O) groups excluding carboxylic acids is 4. The van der Waals surface area contributed by atoms with Crippen LogP contribution in [0.1, 0.15) is 30.4 Å². The second-order valence-electron chi connectivity index (χ2n) is 10.7. The van der Waals surface area contributed by atoms with E-state index < -0.39 is 30.1 Å². The topological polar surface area (TPSA) is 168 Å². The van der Waals surface area contributed by atoms with Crippen LogP contribution in [0.5, 0.6) is 0 Å². The number of fused-ring (bicyclic) bond motifs is 1. The molecule has 5 N–H and O–H groups in total. The number of aromatic nitrogens is 1. The number of nitrogens with one attached hydrogen (secondary N) is 4. The Hall–Kier alpha value is -4.68. The minimum Gasteiger partial charge on any atom is -0.462 e. The fourth-order valence-electron chi connectivity index (χ4n) is 4.94. The quantitative estimate of drug-likeness (QED) is 0.117. The molecule has 0 aliphatic carbocycles. The summed E-state index contributed by atoms with van der Waals surface area (Å²) < 4.78 is 16.1. The maximum absolute atomic E-state index is 13.5. The highest BCUT2D eigenvalue weighted by molar-refractivity contribution is 5.87. The van der Waals surface area contributed by atoms with Gasteiger partial charge in [0.25, 0.3) is 0 Å². The first-order chi connectivity index (χ1) is 21.9. The molecular formula is C33H40N4O8. The average Bonchev–Trinajstić information content (AvgIpc) is 3.45. The summed E-state index contributed by atoms with van der Waals surface area (Å²) in [5.74, 6) is -2.01. The number of H-pyrrole nitrogens is 1. The Morgan fingerprint density at radius 2 is 1.78 bits per heavy atom. The highest BCUT2D eigenvalue weighted by Gasteiger charge is 2.28. The Balaban J connectivity index is 1.46. The number of esters is 1. The van der Waals surface area contributed by atoms with Crippen LogP contribution in [0.25, 0.3) is 10.9 Å². The van der Waals surface area contributed by atoms with Crippen molar-refractivity contribution in [2.24, 2.45) is 5.92 Å². The molecule has 2 aromatic carbocycles. The summed E-state index contributed by atoms with van der Waals surface area (Å²) in [5, 5.41) is 18.1. The standard InChI is InChI=1S/C33H40N4O8/c38-15-17-43-16-14-34-30(39)19-24-10-4-6-13-29(37-33(42)45-21-23-8-2-1-3-9-23)32(41)44-22-26(36-31(24)40)18-25-20-35-28-12-7-5-11-27(25)28/h1-9,11-12,20,24,26,29,35,38H,10,13-19,21-22H2,(H,34,39)(H,36,40)(H,37,42). The largest absolute Gasteiger partial charge is 0.462 e. The molecule has 12 heteroatoms. The second-order valence-corrected chi connectivity index (χ2v) is 10.7. The molecule has 0 bridgehead atoms. The molecule has 0 spiro atoms. The molecule has 240 valence electrons. The monoisotopic (exact) mass is 620 g/mol. The average molecular weight is 621 g/mol. The van der Waals surface area contributed by atoms with Gasteiger partial charge in [0.1, 0.15) is 19.3 Å². The molecule has 3 aromatic rings.